The molecule has 2 aromatic rings. The van der Waals surface area contributed by atoms with Crippen molar-refractivity contribution in [3.63, 3.8) is 0 Å². The lowest BCUT2D eigenvalue weighted by molar-refractivity contribution is -0.117. The Bertz CT molecular complexity index is 915. The summed E-state index contributed by atoms with van der Waals surface area (Å²) in [4.78, 5) is 16.9. The van der Waals surface area contributed by atoms with Gasteiger partial charge in [0.15, 0.2) is 0 Å². The minimum absolute atomic E-state index is 0. The number of rotatable bonds is 9. The average Bonchev–Trinajstić information content (AvgIpc) is 2.77. The van der Waals surface area contributed by atoms with Gasteiger partial charge in [0.25, 0.3) is 0 Å². The summed E-state index contributed by atoms with van der Waals surface area (Å²) in [6.45, 7) is 15.7. The van der Waals surface area contributed by atoms with Crippen LogP contribution in [0.2, 0.25) is 0 Å². The second kappa shape index (κ2) is 11.9. The third-order valence-corrected chi connectivity index (χ3v) is 6.45. The van der Waals surface area contributed by atoms with Gasteiger partial charge in [0.1, 0.15) is 0 Å². The Hall–Kier alpha value is -2.25. The molecule has 1 aliphatic heterocycles. The van der Waals surface area contributed by atoms with Crippen molar-refractivity contribution >= 4 is 11.6 Å². The lowest BCUT2D eigenvalue weighted by Gasteiger charge is -2.35. The van der Waals surface area contributed by atoms with Crippen LogP contribution >= 0.6 is 0 Å². The van der Waals surface area contributed by atoms with Crippen LogP contribution in [-0.4, -0.2) is 72.8 Å². The first kappa shape index (κ1) is 26.4. The monoisotopic (exact) mass is 469 g/mol. The largest absolute Gasteiger partial charge is 0.389 e. The van der Waals surface area contributed by atoms with E-state index in [1.165, 1.54) is 5.56 Å². The van der Waals surface area contributed by atoms with Gasteiger partial charge in [-0.1, -0.05) is 63.2 Å². The summed E-state index contributed by atoms with van der Waals surface area (Å²) >= 11 is 0. The third kappa shape index (κ3) is 7.91. The Kier molecular flexibility index (Phi) is 9.25. The molecule has 0 radical (unpaired) electrons. The van der Waals surface area contributed by atoms with Crippen molar-refractivity contribution in [3.05, 3.63) is 64.7 Å². The Labute approximate surface area is 206 Å². The number of β-amino-alcohol motifs (C(OH)–C–C–N with tert-alkyl or cyclic N) is 1. The van der Waals surface area contributed by atoms with E-state index in [2.05, 4.69) is 60.2 Å². The minimum atomic E-state index is -0.521. The van der Waals surface area contributed by atoms with Gasteiger partial charge in [-0.15, -0.1) is 0 Å². The topological polar surface area (TPSA) is 65.0 Å². The van der Waals surface area contributed by atoms with Crippen LogP contribution in [0.3, 0.4) is 0 Å². The number of ether oxygens (including phenoxy) is 1. The standard InChI is InChI=1S/C28H41N3O3.H2/c1-21-7-6-8-22(2)27(21)29-26(33)18-31-15-13-30(14-16-31)17-25(32)20-34-19-23-9-11-24(12-10-23)28(3,4)5;/h6-12,25,32H,13-20H2,1-5H3,(H,29,33);1H. The Morgan fingerprint density at radius 1 is 1.03 bits per heavy atom. The van der Waals surface area contributed by atoms with Crippen LogP contribution in [0.25, 0.3) is 0 Å². The number of nitrogens with zero attached hydrogens (tertiary/aromatic N) is 2. The van der Waals surface area contributed by atoms with E-state index in [0.29, 0.717) is 26.3 Å². The zero-order chi connectivity index (χ0) is 24.7. The second-order valence-electron chi connectivity index (χ2n) is 10.5. The molecule has 34 heavy (non-hydrogen) atoms. The molecular weight excluding hydrogens is 426 g/mol. The molecule has 0 aromatic heterocycles. The number of piperazine rings is 1. The predicted octanol–water partition coefficient (Wildman–Crippen LogP) is 3.98. The highest BCUT2D eigenvalue weighted by Crippen LogP contribution is 2.22. The number of aryl methyl sites for hydroxylation is 2. The first-order valence-electron chi connectivity index (χ1n) is 12.3. The maximum atomic E-state index is 12.5. The molecule has 6 heteroatoms. The van der Waals surface area contributed by atoms with Crippen molar-refractivity contribution in [2.45, 2.75) is 52.7 Å². The van der Waals surface area contributed by atoms with Gasteiger partial charge in [-0.25, -0.2) is 0 Å². The van der Waals surface area contributed by atoms with Gasteiger partial charge in [-0.3, -0.25) is 14.6 Å². The fourth-order valence-corrected chi connectivity index (χ4v) is 4.29. The van der Waals surface area contributed by atoms with Crippen LogP contribution in [-0.2, 0) is 21.6 Å². The molecule has 1 heterocycles. The van der Waals surface area contributed by atoms with Crippen molar-refractivity contribution in [2.24, 2.45) is 0 Å². The lowest BCUT2D eigenvalue weighted by atomic mass is 9.87. The number of aliphatic hydroxyl groups is 1. The highest BCUT2D eigenvalue weighted by atomic mass is 16.5. The predicted molar refractivity (Wildman–Crippen MR) is 140 cm³/mol. The number of para-hydroxylation sites is 1. The number of amides is 1. The van der Waals surface area contributed by atoms with Crippen LogP contribution in [0.5, 0.6) is 0 Å². The van der Waals surface area contributed by atoms with Gasteiger partial charge in [0.05, 0.1) is 25.9 Å². The third-order valence-electron chi connectivity index (χ3n) is 6.45. The minimum Gasteiger partial charge on any atom is -0.389 e. The number of carbonyl (C=O) groups is 1. The summed E-state index contributed by atoms with van der Waals surface area (Å²) in [7, 11) is 0. The number of carbonyl (C=O) groups excluding carboxylic acids is 1. The van der Waals surface area contributed by atoms with E-state index < -0.39 is 6.10 Å². The molecule has 1 unspecified atom stereocenters. The molecule has 1 saturated heterocycles. The second-order valence-corrected chi connectivity index (χ2v) is 10.5. The maximum Gasteiger partial charge on any atom is 0.238 e. The molecule has 6 nitrogen and oxygen atoms in total. The van der Waals surface area contributed by atoms with E-state index in [-0.39, 0.29) is 12.7 Å². The van der Waals surface area contributed by atoms with Crippen LogP contribution < -0.4 is 5.32 Å². The van der Waals surface area contributed by atoms with Crippen molar-refractivity contribution in [3.8, 4) is 0 Å². The van der Waals surface area contributed by atoms with Gasteiger partial charge in [-0.2, -0.15) is 0 Å². The summed E-state index contributed by atoms with van der Waals surface area (Å²) in [5, 5.41) is 13.5. The van der Waals surface area contributed by atoms with E-state index in [1.54, 1.807) is 0 Å². The number of benzene rings is 2. The molecule has 1 amide bonds. The summed E-state index contributed by atoms with van der Waals surface area (Å²) in [6, 6.07) is 14.5. The zero-order valence-corrected chi connectivity index (χ0v) is 21.4. The summed E-state index contributed by atoms with van der Waals surface area (Å²) in [5.74, 6) is 0.0230. The molecule has 1 fully saturated rings. The van der Waals surface area contributed by atoms with Gasteiger partial charge in [0, 0.05) is 39.8 Å². The van der Waals surface area contributed by atoms with Crippen LogP contribution in [0.1, 0.15) is 44.5 Å². The van der Waals surface area contributed by atoms with Gasteiger partial charge < -0.3 is 15.2 Å². The Balaban J connectivity index is 0.00000432. The molecule has 0 bridgehead atoms. The average molecular weight is 470 g/mol. The molecule has 188 valence electrons. The molecule has 0 aliphatic carbocycles. The fourth-order valence-electron chi connectivity index (χ4n) is 4.29. The summed E-state index contributed by atoms with van der Waals surface area (Å²) in [6.07, 6.45) is -0.521. The van der Waals surface area contributed by atoms with E-state index in [9.17, 15) is 9.90 Å². The normalized spacial score (nSPS) is 16.4. The zero-order valence-electron chi connectivity index (χ0n) is 21.4. The van der Waals surface area contributed by atoms with Crippen molar-refractivity contribution in [1.82, 2.24) is 9.80 Å². The lowest BCUT2D eigenvalue weighted by Crippen LogP contribution is -2.50. The van der Waals surface area contributed by atoms with Crippen LogP contribution in [0.4, 0.5) is 5.69 Å². The maximum absolute atomic E-state index is 12.5. The number of hydrogen-bond acceptors (Lipinski definition) is 5. The molecule has 2 aromatic carbocycles. The Morgan fingerprint density at radius 2 is 1.62 bits per heavy atom. The van der Waals surface area contributed by atoms with Crippen molar-refractivity contribution in [1.29, 1.82) is 0 Å². The van der Waals surface area contributed by atoms with Crippen LogP contribution in [0, 0.1) is 13.8 Å². The molecular formula is C28H43N3O3. The van der Waals surface area contributed by atoms with Gasteiger partial charge >= 0.3 is 0 Å². The highest BCUT2D eigenvalue weighted by molar-refractivity contribution is 5.93. The molecule has 1 aliphatic rings. The smallest absolute Gasteiger partial charge is 0.238 e. The van der Waals surface area contributed by atoms with E-state index >= 15 is 0 Å². The van der Waals surface area contributed by atoms with E-state index in [1.807, 2.05) is 32.0 Å². The number of nitrogens with one attached hydrogen (secondary N) is 1. The van der Waals surface area contributed by atoms with Crippen molar-refractivity contribution in [2.75, 3.05) is 51.2 Å². The quantitative estimate of drug-likeness (QED) is 0.582. The first-order chi connectivity index (χ1) is 16.1. The molecule has 2 N–H and O–H groups in total. The molecule has 1 atom stereocenters. The Morgan fingerprint density at radius 3 is 2.21 bits per heavy atom. The van der Waals surface area contributed by atoms with Crippen molar-refractivity contribution < 1.29 is 16.1 Å². The van der Waals surface area contributed by atoms with Gasteiger partial charge in [-0.05, 0) is 41.5 Å². The van der Waals surface area contributed by atoms with Gasteiger partial charge in [0.2, 0.25) is 5.91 Å². The first-order valence-corrected chi connectivity index (χ1v) is 12.3. The summed E-state index contributed by atoms with van der Waals surface area (Å²) in [5.41, 5.74) is 5.64. The molecule has 3 rings (SSSR count). The SMILES string of the molecule is Cc1cccc(C)c1NC(=O)CN1CCN(CC(O)COCc2ccc(C(C)(C)C)cc2)CC1.[HH]. The highest BCUT2D eigenvalue weighted by Gasteiger charge is 2.21. The van der Waals surface area contributed by atoms with E-state index in [0.717, 1.165) is 48.6 Å². The summed E-state index contributed by atoms with van der Waals surface area (Å²) < 4.78 is 5.76. The van der Waals surface area contributed by atoms with Crippen LogP contribution in [0.15, 0.2) is 42.5 Å². The fraction of sp³-hybridized carbons (Fsp3) is 0.536. The number of anilines is 1. The van der Waals surface area contributed by atoms with E-state index in [4.69, 9.17) is 4.74 Å². The molecule has 0 spiro atoms. The molecule has 0 saturated carbocycles. The number of aliphatic hydroxyl groups excluding tert-OH is 1. The number of hydrogen-bond donors (Lipinski definition) is 2.